The quantitative estimate of drug-likeness (QED) is 0.0114. The number of ether oxygens (including phenoxy) is 15. The molecule has 4 unspecified atom stereocenters. The number of carbonyl (C=O) groups is 11. The molecule has 5 fully saturated rings. The summed E-state index contributed by atoms with van der Waals surface area (Å²) in [6.07, 6.45) is -23.2. The van der Waals surface area contributed by atoms with E-state index in [1.807, 2.05) is 0 Å². The second-order valence-electron chi connectivity index (χ2n) is 33.5. The predicted octanol–water partition coefficient (Wildman–Crippen LogP) is 1.53. The molecule has 3 saturated heterocycles. The van der Waals surface area contributed by atoms with Crippen molar-refractivity contribution in [2.24, 2.45) is 16.7 Å². The van der Waals surface area contributed by atoms with Crippen LogP contribution < -0.4 is 26.0 Å². The van der Waals surface area contributed by atoms with Crippen LogP contribution >= 0.6 is 0 Å². The van der Waals surface area contributed by atoms with Gasteiger partial charge in [-0.3, -0.25) is 33.4 Å². The van der Waals surface area contributed by atoms with E-state index in [2.05, 4.69) is 31.6 Å². The maximum absolute atomic E-state index is 16.0. The van der Waals surface area contributed by atoms with Crippen LogP contribution in [-0.4, -0.2) is 305 Å². The Kier molecular flexibility index (Phi) is 34.4. The van der Waals surface area contributed by atoms with Gasteiger partial charge in [-0.1, -0.05) is 104 Å². The van der Waals surface area contributed by atoms with Gasteiger partial charge >= 0.3 is 41.9 Å². The van der Waals surface area contributed by atoms with E-state index in [1.54, 1.807) is 109 Å². The van der Waals surface area contributed by atoms with Crippen LogP contribution in [0.15, 0.2) is 133 Å². The molecule has 4 aromatic carbocycles. The molecule has 6 aliphatic rings. The number of amides is 4. The Morgan fingerprint density at radius 1 is 0.685 bits per heavy atom. The number of aliphatic hydroxyl groups is 7. The van der Waals surface area contributed by atoms with Crippen LogP contribution in [0.3, 0.4) is 0 Å². The monoisotopic (exact) mass is 1820 g/mol. The molecule has 708 valence electrons. The minimum atomic E-state index is -2.57. The third kappa shape index (κ3) is 23.4. The minimum Gasteiger partial charge on any atom is -0.492 e. The topological polar surface area (TPSA) is 547 Å². The zero-order chi connectivity index (χ0) is 93.9. The van der Waals surface area contributed by atoms with Crippen LogP contribution in [0.5, 0.6) is 5.75 Å². The van der Waals surface area contributed by atoms with Crippen molar-refractivity contribution in [1.82, 2.24) is 36.3 Å². The van der Waals surface area contributed by atoms with Gasteiger partial charge in [-0.2, -0.15) is 0 Å². The fraction of sp³-hybridized carbons (Fsp3) is 0.567. The number of carbonyl (C=O) groups excluding carboxylic acids is 11. The molecule has 11 rings (SSSR count). The Labute approximate surface area is 748 Å². The number of hydrogen-bond acceptors (Lipinski definition) is 35. The smallest absolute Gasteiger partial charge is 0.407 e. The summed E-state index contributed by atoms with van der Waals surface area (Å²) < 4.78 is 87.6. The van der Waals surface area contributed by atoms with E-state index < -0.39 is 230 Å². The molecule has 0 radical (unpaired) electrons. The molecule has 130 heavy (non-hydrogen) atoms. The predicted molar refractivity (Wildman–Crippen MR) is 447 cm³/mol. The van der Waals surface area contributed by atoms with Crippen LogP contribution in [0.4, 0.5) is 4.79 Å². The highest BCUT2D eigenvalue weighted by atomic mass is 16.7. The van der Waals surface area contributed by atoms with E-state index >= 15 is 9.59 Å². The summed E-state index contributed by atoms with van der Waals surface area (Å²) in [6, 6.07) is 27.5. The molecule has 3 aliphatic heterocycles. The van der Waals surface area contributed by atoms with E-state index in [9.17, 15) is 78.9 Å². The standard InChI is InChI=1S/C90H115N7O33/c1-10-119-82(112)58(40-52-32-34-57(35-33-52)120-39-37-92-86(114)128-76-70(105)61(125-84(117-9)73(76)108)45-121-85-72(107)71(106)69(104)60(126-85)44-116-8)93-64(101)31-21-14-22-38-97-43-56(95-96-97)30-23-36-91-65(102)46-118-47-66(103)127-75(68(53-24-15-11-16-25-53)94-80(110)54-26-17-12-18-27-54)83(113)124-59-42-90(115)79(129-81(111)55-28-19-13-20-29-55)77-88(7,62(100)41-63-89(77,48-122-63)130-51(4)99)78(109)74(123-50(3)98)67(49(59)2)87(90,5)6/h11-13,15-20,24-29,32-35,43,58-63,68-77,79,84-85,100,104-108,115H,10,14,21-23,30-31,36-42,44-48H2,1-9H3,(H,91,102)(H,92,114)(H,93,101)(H,94,110)/t58-,59+,60?,61?,62+,63-,68+,69-,70-,71+,72?,73?,74-,75-,76+,77+,79+,84+,85-,88-,89+,90-/m1/s1. The van der Waals surface area contributed by atoms with Crippen LogP contribution in [0.25, 0.3) is 0 Å². The molecule has 0 spiro atoms. The summed E-state index contributed by atoms with van der Waals surface area (Å²) in [7, 11) is 2.55. The number of fused-ring (bicyclic) bond motifs is 5. The maximum atomic E-state index is 16.0. The number of nitrogens with zero attached hydrogens (tertiary/aromatic N) is 3. The van der Waals surface area contributed by atoms with Crippen LogP contribution in [-0.2, 0) is 124 Å². The first kappa shape index (κ1) is 99.7. The lowest BCUT2D eigenvalue weighted by Gasteiger charge is -2.67. The second kappa shape index (κ2) is 44.9. The molecule has 40 nitrogen and oxygen atoms in total. The van der Waals surface area contributed by atoms with Crippen molar-refractivity contribution in [2.45, 2.75) is 234 Å². The molecule has 1 aromatic heterocycles. The molecule has 4 amide bonds. The Balaban J connectivity index is 0.647. The maximum Gasteiger partial charge on any atom is 0.407 e. The highest BCUT2D eigenvalue weighted by Gasteiger charge is 2.78. The van der Waals surface area contributed by atoms with Crippen molar-refractivity contribution in [1.29, 1.82) is 0 Å². The summed E-state index contributed by atoms with van der Waals surface area (Å²) in [5, 5.41) is 98.8. The highest BCUT2D eigenvalue weighted by Crippen LogP contribution is 2.65. The van der Waals surface area contributed by atoms with Crippen molar-refractivity contribution in [3.05, 3.63) is 161 Å². The van der Waals surface area contributed by atoms with Gasteiger partial charge in [0.05, 0.1) is 61.7 Å². The van der Waals surface area contributed by atoms with Crippen molar-refractivity contribution in [2.75, 3.05) is 73.6 Å². The van der Waals surface area contributed by atoms with Crippen molar-refractivity contribution in [3.8, 4) is 5.75 Å². The van der Waals surface area contributed by atoms with Crippen molar-refractivity contribution in [3.63, 3.8) is 0 Å². The molecule has 2 bridgehead atoms. The average Bonchev–Trinajstić information content (AvgIpc) is 0.751. The zero-order valence-electron chi connectivity index (χ0n) is 73.5. The lowest BCUT2D eigenvalue weighted by atomic mass is 9.44. The number of ketones is 1. The van der Waals surface area contributed by atoms with Gasteiger partial charge in [-0.05, 0) is 105 Å². The highest BCUT2D eigenvalue weighted by molar-refractivity contribution is 5.97. The lowest BCUT2D eigenvalue weighted by molar-refractivity contribution is -0.346. The van der Waals surface area contributed by atoms with E-state index in [4.69, 9.17) is 71.1 Å². The molecular weight excluding hydrogens is 1710 g/mol. The van der Waals surface area contributed by atoms with Gasteiger partial charge in [0.25, 0.3) is 5.91 Å². The summed E-state index contributed by atoms with van der Waals surface area (Å²) in [5.41, 5.74) is -6.90. The Morgan fingerprint density at radius 3 is 2.02 bits per heavy atom. The third-order valence-electron chi connectivity index (χ3n) is 24.4. The Bertz CT molecular complexity index is 4760. The number of rotatable bonds is 41. The first-order valence-electron chi connectivity index (χ1n) is 43.0. The molecule has 22 atom stereocenters. The van der Waals surface area contributed by atoms with Gasteiger partial charge in [0, 0.05) is 84.0 Å². The van der Waals surface area contributed by atoms with Gasteiger partial charge in [-0.15, -0.1) is 5.10 Å². The summed E-state index contributed by atoms with van der Waals surface area (Å²) in [6.45, 7) is 7.51. The first-order chi connectivity index (χ1) is 62.1. The number of unbranched alkanes of at least 4 members (excludes halogenated alkanes) is 2. The fourth-order valence-electron chi connectivity index (χ4n) is 17.6. The molecule has 11 N–H and O–H groups in total. The molecular formula is C90H115N7O33. The van der Waals surface area contributed by atoms with Crippen molar-refractivity contribution >= 4 is 65.4 Å². The Morgan fingerprint density at radius 2 is 1.36 bits per heavy atom. The number of aliphatic hydroxyl groups excluding tert-OH is 6. The lowest BCUT2D eigenvalue weighted by Crippen LogP contribution is -2.82. The number of nitrogens with one attached hydrogen (secondary N) is 4. The largest absolute Gasteiger partial charge is 0.492 e. The number of hydrogen-bond donors (Lipinski definition) is 11. The molecule has 4 heterocycles. The van der Waals surface area contributed by atoms with Gasteiger partial charge < -0.3 is 128 Å². The summed E-state index contributed by atoms with van der Waals surface area (Å²) >= 11 is 0. The number of aromatic nitrogens is 3. The van der Waals surface area contributed by atoms with Crippen LogP contribution in [0.1, 0.15) is 137 Å². The van der Waals surface area contributed by atoms with E-state index in [-0.39, 0.29) is 85.9 Å². The molecule has 3 aliphatic carbocycles. The van der Waals surface area contributed by atoms with Gasteiger partial charge in [0.2, 0.25) is 17.9 Å². The molecule has 5 aromatic rings. The summed E-state index contributed by atoms with van der Waals surface area (Å²) in [4.78, 5) is 154. The van der Waals surface area contributed by atoms with Crippen molar-refractivity contribution < 1.29 is 160 Å². The van der Waals surface area contributed by atoms with Crippen LogP contribution in [0.2, 0.25) is 0 Å². The first-order valence-corrected chi connectivity index (χ1v) is 43.0. The zero-order valence-corrected chi connectivity index (χ0v) is 73.5. The normalized spacial score (nSPS) is 28.5. The fourth-order valence-corrected chi connectivity index (χ4v) is 17.6. The van der Waals surface area contributed by atoms with Gasteiger partial charge in [0.15, 0.2) is 36.2 Å². The second-order valence-corrected chi connectivity index (χ2v) is 33.5. The number of benzene rings is 4. The molecule has 2 saturated carbocycles. The van der Waals surface area contributed by atoms with Gasteiger partial charge in [-0.25, -0.2) is 24.0 Å². The number of Topliss-reactive ketones (excluding diaryl/α,β-unsaturated/α-hetero) is 1. The number of alkyl carbamates (subject to hydrolysis) is 1. The SMILES string of the molecule is CCOC(=O)[C@@H](Cc1ccc(OCCNC(=O)O[C@@H]2C(O)[C@@H](OC)OC(CO[C@@H]3OC(COC)[C@@H](O)[C@H](O)C3O)[C@H]2O)cc1)NC(=O)CCCCCn1cc(CCCNC(=O)COCC(=O)O[C@@H](C(=O)O[C@H]2C[C@@]3(O)[C@@H](OC(=O)c4ccccc4)[C@@H]4[C@]5(OC(C)=O)CO[C@@H]5C[C@H](O)[C@@]4(C)C(=O)[C@H](OC(C)=O)C(=C2C)C3(C)C)[C@@H](NC(=O)c2ccccc2)c2ccccc2)nn1. The Hall–Kier alpha value is -10.8. The van der Waals surface area contributed by atoms with E-state index in [0.29, 0.717) is 55.7 Å². The van der Waals surface area contributed by atoms with Crippen LogP contribution in [0, 0.1) is 16.7 Å². The number of esters is 6. The minimum absolute atomic E-state index is 0.00664. The number of methoxy groups -OCH3 is 2. The average molecular weight is 1820 g/mol. The van der Waals surface area contributed by atoms with E-state index in [1.165, 1.54) is 66.2 Å². The summed E-state index contributed by atoms with van der Waals surface area (Å²) in [5.74, 6) is -10.0. The van der Waals surface area contributed by atoms with Gasteiger partial charge in [0.1, 0.15) is 104 Å². The third-order valence-corrected chi connectivity index (χ3v) is 24.4. The molecule has 40 heteroatoms. The number of aryl methyl sites for hydroxylation is 2. The van der Waals surface area contributed by atoms with E-state index in [0.717, 1.165) is 13.8 Å².